The van der Waals surface area contributed by atoms with Crippen LogP contribution >= 0.6 is 0 Å². The smallest absolute Gasteiger partial charge is 0.373 e. The lowest BCUT2D eigenvalue weighted by Crippen LogP contribution is -2.46. The van der Waals surface area contributed by atoms with Gasteiger partial charge in [0.05, 0.1) is 18.3 Å². The van der Waals surface area contributed by atoms with E-state index in [-0.39, 0.29) is 6.10 Å². The molecule has 1 aromatic heterocycles. The molecule has 1 N–H and O–H groups in total. The van der Waals surface area contributed by atoms with Gasteiger partial charge in [-0.05, 0) is 19.2 Å². The zero-order chi connectivity index (χ0) is 13.9. The van der Waals surface area contributed by atoms with Crippen molar-refractivity contribution in [1.29, 1.82) is 0 Å². The summed E-state index contributed by atoms with van der Waals surface area (Å²) in [6, 6.07) is 2.07. The summed E-state index contributed by atoms with van der Waals surface area (Å²) in [7, 11) is 1.81. The molecule has 1 unspecified atom stereocenters. The van der Waals surface area contributed by atoms with Crippen molar-refractivity contribution in [2.45, 2.75) is 12.3 Å². The van der Waals surface area contributed by atoms with E-state index in [1.54, 1.807) is 0 Å². The van der Waals surface area contributed by atoms with Crippen LogP contribution in [-0.4, -0.2) is 44.4 Å². The van der Waals surface area contributed by atoms with Gasteiger partial charge in [0, 0.05) is 25.8 Å². The second-order valence-corrected chi connectivity index (χ2v) is 4.40. The monoisotopic (exact) mass is 275 g/mol. The Kier molecular flexibility index (Phi) is 4.26. The summed E-state index contributed by atoms with van der Waals surface area (Å²) in [5, 5.41) is 2.99. The summed E-state index contributed by atoms with van der Waals surface area (Å²) in [4.78, 5) is 5.84. The lowest BCUT2D eigenvalue weighted by molar-refractivity contribution is -0.137. The zero-order valence-corrected chi connectivity index (χ0v) is 10.6. The number of hydrogen-bond donors (Lipinski definition) is 1. The molecule has 2 heterocycles. The van der Waals surface area contributed by atoms with Crippen LogP contribution in [0.1, 0.15) is 5.56 Å². The molecule has 1 aliphatic rings. The van der Waals surface area contributed by atoms with E-state index in [4.69, 9.17) is 4.74 Å². The molecule has 0 saturated carbocycles. The molecular formula is C12H16F3N3O. The lowest BCUT2D eigenvalue weighted by atomic mass is 10.2. The van der Waals surface area contributed by atoms with Gasteiger partial charge in [0.25, 0.3) is 0 Å². The van der Waals surface area contributed by atoms with Gasteiger partial charge in [-0.1, -0.05) is 0 Å². The Bertz CT molecular complexity index is 423. The minimum absolute atomic E-state index is 0.0323. The lowest BCUT2D eigenvalue weighted by Gasteiger charge is -2.33. The maximum atomic E-state index is 12.7. The fourth-order valence-electron chi connectivity index (χ4n) is 2.05. The van der Waals surface area contributed by atoms with Gasteiger partial charge >= 0.3 is 6.18 Å². The van der Waals surface area contributed by atoms with Crippen LogP contribution in [-0.2, 0) is 10.9 Å². The number of nitrogens with zero attached hydrogens (tertiary/aromatic N) is 2. The van der Waals surface area contributed by atoms with Crippen molar-refractivity contribution in [3.8, 4) is 0 Å². The first-order valence-electron chi connectivity index (χ1n) is 6.05. The van der Waals surface area contributed by atoms with Crippen molar-refractivity contribution < 1.29 is 17.9 Å². The van der Waals surface area contributed by atoms with Crippen molar-refractivity contribution >= 4 is 5.82 Å². The van der Waals surface area contributed by atoms with Crippen molar-refractivity contribution in [3.63, 3.8) is 0 Å². The molecule has 0 aliphatic carbocycles. The predicted molar refractivity (Wildman–Crippen MR) is 65.1 cm³/mol. The highest BCUT2D eigenvalue weighted by atomic mass is 19.4. The minimum Gasteiger partial charge on any atom is -0.373 e. The number of ether oxygens (including phenoxy) is 1. The Morgan fingerprint density at radius 2 is 2.32 bits per heavy atom. The van der Waals surface area contributed by atoms with E-state index in [1.807, 2.05) is 11.9 Å². The minimum atomic E-state index is -4.34. The predicted octanol–water partition coefficient (Wildman–Crippen LogP) is 1.52. The first-order chi connectivity index (χ1) is 9.00. The zero-order valence-electron chi connectivity index (χ0n) is 10.6. The van der Waals surface area contributed by atoms with E-state index < -0.39 is 11.7 Å². The highest BCUT2D eigenvalue weighted by molar-refractivity contribution is 5.42. The molecule has 1 aromatic rings. The van der Waals surface area contributed by atoms with Crippen molar-refractivity contribution in [2.24, 2.45) is 0 Å². The number of rotatable bonds is 3. The van der Waals surface area contributed by atoms with E-state index in [0.29, 0.717) is 32.1 Å². The van der Waals surface area contributed by atoms with Gasteiger partial charge in [-0.3, -0.25) is 0 Å². The Morgan fingerprint density at radius 3 is 3.00 bits per heavy atom. The number of aromatic nitrogens is 1. The molecule has 0 bridgehead atoms. The van der Waals surface area contributed by atoms with Crippen LogP contribution < -0.4 is 10.2 Å². The van der Waals surface area contributed by atoms with Gasteiger partial charge in [0.15, 0.2) is 0 Å². The van der Waals surface area contributed by atoms with Crippen LogP contribution in [0, 0.1) is 0 Å². The highest BCUT2D eigenvalue weighted by Crippen LogP contribution is 2.30. The summed E-state index contributed by atoms with van der Waals surface area (Å²) in [5.41, 5.74) is -0.672. The van der Waals surface area contributed by atoms with Crippen LogP contribution in [0.2, 0.25) is 0 Å². The van der Waals surface area contributed by atoms with E-state index in [0.717, 1.165) is 12.1 Å². The maximum Gasteiger partial charge on any atom is 0.416 e. The topological polar surface area (TPSA) is 37.4 Å². The molecule has 0 radical (unpaired) electrons. The first kappa shape index (κ1) is 14.1. The molecule has 2 rings (SSSR count). The fraction of sp³-hybridized carbons (Fsp3) is 0.583. The van der Waals surface area contributed by atoms with Crippen LogP contribution in [0.25, 0.3) is 0 Å². The molecule has 106 valence electrons. The summed E-state index contributed by atoms with van der Waals surface area (Å²) < 4.78 is 43.5. The van der Waals surface area contributed by atoms with Crippen LogP contribution in [0.4, 0.5) is 19.0 Å². The molecule has 7 heteroatoms. The van der Waals surface area contributed by atoms with Gasteiger partial charge in [-0.15, -0.1) is 0 Å². The third-order valence-electron chi connectivity index (χ3n) is 2.97. The number of anilines is 1. The number of morpholine rings is 1. The second kappa shape index (κ2) is 5.75. The van der Waals surface area contributed by atoms with Crippen molar-refractivity contribution in [2.75, 3.05) is 38.2 Å². The van der Waals surface area contributed by atoms with Crippen LogP contribution in [0.3, 0.4) is 0 Å². The molecule has 1 aliphatic heterocycles. The maximum absolute atomic E-state index is 12.7. The van der Waals surface area contributed by atoms with Gasteiger partial charge in [-0.25, -0.2) is 4.98 Å². The number of likely N-dealkylation sites (N-methyl/N-ethyl adjacent to an activating group) is 1. The van der Waals surface area contributed by atoms with Crippen LogP contribution in [0.5, 0.6) is 0 Å². The van der Waals surface area contributed by atoms with Crippen LogP contribution in [0.15, 0.2) is 18.3 Å². The third-order valence-corrected chi connectivity index (χ3v) is 2.97. The molecule has 1 fully saturated rings. The molecule has 1 atom stereocenters. The van der Waals surface area contributed by atoms with Crippen molar-refractivity contribution in [3.05, 3.63) is 23.9 Å². The number of nitrogens with one attached hydrogen (secondary N) is 1. The highest BCUT2D eigenvalue weighted by Gasteiger charge is 2.31. The Hall–Kier alpha value is -1.34. The normalized spacial score (nSPS) is 20.6. The number of alkyl halides is 3. The van der Waals surface area contributed by atoms with Gasteiger partial charge in [0.2, 0.25) is 0 Å². The summed E-state index contributed by atoms with van der Waals surface area (Å²) in [6.45, 7) is 2.24. The average molecular weight is 275 g/mol. The fourth-order valence-corrected chi connectivity index (χ4v) is 2.05. The Labute approximate surface area is 109 Å². The molecule has 0 spiro atoms. The van der Waals surface area contributed by atoms with E-state index in [2.05, 4.69) is 10.3 Å². The summed E-state index contributed by atoms with van der Waals surface area (Å²) in [5.74, 6) is 0.347. The summed E-state index contributed by atoms with van der Waals surface area (Å²) >= 11 is 0. The van der Waals surface area contributed by atoms with Crippen molar-refractivity contribution in [1.82, 2.24) is 10.3 Å². The first-order valence-corrected chi connectivity index (χ1v) is 6.05. The molecule has 0 amide bonds. The van der Waals surface area contributed by atoms with Gasteiger partial charge < -0.3 is 15.0 Å². The second-order valence-electron chi connectivity index (χ2n) is 4.40. The molecule has 0 aromatic carbocycles. The third kappa shape index (κ3) is 3.57. The molecular weight excluding hydrogens is 259 g/mol. The van der Waals surface area contributed by atoms with E-state index in [1.165, 1.54) is 6.20 Å². The molecule has 4 nitrogen and oxygen atoms in total. The standard InChI is InChI=1S/C12H16F3N3O/c1-16-7-10-8-18(4-5-19-10)11-6-9(2-3-17-11)12(13,14)15/h2-3,6,10,16H,4-5,7-8H2,1H3. The number of halogens is 3. The quantitative estimate of drug-likeness (QED) is 0.907. The molecule has 1 saturated heterocycles. The van der Waals surface area contributed by atoms with Gasteiger partial charge in [-0.2, -0.15) is 13.2 Å². The Morgan fingerprint density at radius 1 is 1.53 bits per heavy atom. The van der Waals surface area contributed by atoms with E-state index >= 15 is 0 Å². The number of hydrogen-bond acceptors (Lipinski definition) is 4. The average Bonchev–Trinajstić information content (AvgIpc) is 2.39. The SMILES string of the molecule is CNCC1CN(c2cc(C(F)(F)F)ccn2)CCO1. The largest absolute Gasteiger partial charge is 0.416 e. The number of pyridine rings is 1. The van der Waals surface area contributed by atoms with E-state index in [9.17, 15) is 13.2 Å². The summed E-state index contributed by atoms with van der Waals surface area (Å²) in [6.07, 6.45) is -3.18. The molecule has 19 heavy (non-hydrogen) atoms. The van der Waals surface area contributed by atoms with Gasteiger partial charge in [0.1, 0.15) is 5.82 Å². The Balaban J connectivity index is 2.13.